The molecule has 1 aromatic carbocycles. The third-order valence-electron chi connectivity index (χ3n) is 1.96. The fraction of sp³-hybridized carbons (Fsp3) is 0.200. The van der Waals surface area contributed by atoms with Crippen LogP contribution in [-0.4, -0.2) is 24.1 Å². The summed E-state index contributed by atoms with van der Waals surface area (Å²) in [5, 5.41) is 0.538. The largest absolute Gasteiger partial charge is 0.492 e. The van der Waals surface area contributed by atoms with E-state index in [9.17, 15) is 0 Å². The van der Waals surface area contributed by atoms with Gasteiger partial charge in [0, 0.05) is 6.54 Å². The van der Waals surface area contributed by atoms with Crippen molar-refractivity contribution in [3.05, 3.63) is 18.2 Å². The van der Waals surface area contributed by atoms with Gasteiger partial charge < -0.3 is 21.9 Å². The van der Waals surface area contributed by atoms with Gasteiger partial charge in [0.1, 0.15) is 12.4 Å². The lowest BCUT2D eigenvalue weighted by molar-refractivity contribution is 0.329. The third kappa shape index (κ3) is 2.83. The van der Waals surface area contributed by atoms with Gasteiger partial charge in [0.2, 0.25) is 5.13 Å². The minimum absolute atomic E-state index is 0.00339. The monoisotopic (exact) mass is 251 g/mol. The molecule has 1 aromatic heterocycles. The highest BCUT2D eigenvalue weighted by Crippen LogP contribution is 2.30. The van der Waals surface area contributed by atoms with Gasteiger partial charge in [0.15, 0.2) is 5.96 Å². The van der Waals surface area contributed by atoms with E-state index in [1.165, 1.54) is 11.3 Å². The number of hydrogen-bond donors (Lipinski definition) is 3. The third-order valence-corrected chi connectivity index (χ3v) is 2.87. The van der Waals surface area contributed by atoms with Gasteiger partial charge in [-0.15, -0.1) is 0 Å². The van der Waals surface area contributed by atoms with Crippen molar-refractivity contribution >= 4 is 32.6 Å². The number of aromatic nitrogens is 1. The van der Waals surface area contributed by atoms with Gasteiger partial charge >= 0.3 is 0 Å². The Balaban J connectivity index is 2.31. The van der Waals surface area contributed by atoms with Gasteiger partial charge in [0.05, 0.1) is 10.2 Å². The molecule has 0 aliphatic heterocycles. The van der Waals surface area contributed by atoms with Gasteiger partial charge in [-0.2, -0.15) is 4.99 Å². The topological polar surface area (TPSA) is 113 Å². The average Bonchev–Trinajstić information content (AvgIpc) is 2.66. The molecule has 0 atom stereocenters. The van der Waals surface area contributed by atoms with Crippen molar-refractivity contribution in [3.63, 3.8) is 0 Å². The standard InChI is InChI=1S/C10H13N5OS/c11-3-4-16-6-1-2-7-8(5-6)17-10(14-7)15-9(12)13/h1-2,5H,3-4,11H2,(H4,12,13,14,15). The first kappa shape index (κ1) is 11.6. The highest BCUT2D eigenvalue weighted by Gasteiger charge is 2.04. The molecular formula is C10H13N5OS. The molecule has 0 saturated heterocycles. The molecule has 2 rings (SSSR count). The van der Waals surface area contributed by atoms with Crippen LogP contribution in [0.15, 0.2) is 23.2 Å². The Kier molecular flexibility index (Phi) is 3.40. The lowest BCUT2D eigenvalue weighted by Gasteiger charge is -2.02. The molecule has 0 spiro atoms. The molecule has 7 heteroatoms. The van der Waals surface area contributed by atoms with E-state index in [-0.39, 0.29) is 5.96 Å². The minimum atomic E-state index is 0.00339. The molecule has 0 aliphatic carbocycles. The molecule has 0 fully saturated rings. The number of rotatable bonds is 4. The summed E-state index contributed by atoms with van der Waals surface area (Å²) in [5.74, 6) is 0.770. The maximum Gasteiger partial charge on any atom is 0.213 e. The van der Waals surface area contributed by atoms with Gasteiger partial charge in [-0.25, -0.2) is 4.98 Å². The van der Waals surface area contributed by atoms with E-state index in [0.717, 1.165) is 16.0 Å². The molecule has 17 heavy (non-hydrogen) atoms. The smallest absolute Gasteiger partial charge is 0.213 e. The van der Waals surface area contributed by atoms with Gasteiger partial charge in [-0.05, 0) is 18.2 Å². The van der Waals surface area contributed by atoms with E-state index < -0.39 is 0 Å². The van der Waals surface area contributed by atoms with E-state index in [0.29, 0.717) is 18.3 Å². The summed E-state index contributed by atoms with van der Waals surface area (Å²) in [6.45, 7) is 0.977. The lowest BCUT2D eigenvalue weighted by Crippen LogP contribution is -2.21. The predicted molar refractivity (Wildman–Crippen MR) is 69.6 cm³/mol. The van der Waals surface area contributed by atoms with Crippen LogP contribution in [0.25, 0.3) is 10.2 Å². The Morgan fingerprint density at radius 2 is 2.24 bits per heavy atom. The highest BCUT2D eigenvalue weighted by atomic mass is 32.1. The number of aliphatic imine (C=N–C) groups is 1. The molecule has 0 amide bonds. The fourth-order valence-electron chi connectivity index (χ4n) is 1.32. The number of nitrogens with two attached hydrogens (primary N) is 3. The number of thiazole rings is 1. The zero-order valence-electron chi connectivity index (χ0n) is 9.09. The molecule has 1 heterocycles. The van der Waals surface area contributed by atoms with Gasteiger partial charge in [0.25, 0.3) is 0 Å². The maximum absolute atomic E-state index is 5.42. The van der Waals surface area contributed by atoms with E-state index in [1.807, 2.05) is 18.2 Å². The van der Waals surface area contributed by atoms with Crippen molar-refractivity contribution in [1.82, 2.24) is 4.98 Å². The van der Waals surface area contributed by atoms with Crippen molar-refractivity contribution in [1.29, 1.82) is 0 Å². The van der Waals surface area contributed by atoms with Gasteiger partial charge in [-0.1, -0.05) is 11.3 Å². The van der Waals surface area contributed by atoms with E-state index in [2.05, 4.69) is 9.98 Å². The molecular weight excluding hydrogens is 238 g/mol. The van der Waals surface area contributed by atoms with E-state index in [1.54, 1.807) is 0 Å². The molecule has 90 valence electrons. The zero-order chi connectivity index (χ0) is 12.3. The van der Waals surface area contributed by atoms with Crippen molar-refractivity contribution in [2.45, 2.75) is 0 Å². The quantitative estimate of drug-likeness (QED) is 0.542. The second kappa shape index (κ2) is 4.98. The number of nitrogens with zero attached hydrogens (tertiary/aromatic N) is 2. The normalized spacial score (nSPS) is 10.4. The Morgan fingerprint density at radius 3 is 2.94 bits per heavy atom. The minimum Gasteiger partial charge on any atom is -0.492 e. The summed E-state index contributed by atoms with van der Waals surface area (Å²) < 4.78 is 6.39. The summed E-state index contributed by atoms with van der Waals surface area (Å²) in [6, 6.07) is 5.61. The number of guanidine groups is 1. The summed E-state index contributed by atoms with van der Waals surface area (Å²) >= 11 is 1.40. The van der Waals surface area contributed by atoms with Crippen LogP contribution in [0.3, 0.4) is 0 Å². The number of hydrogen-bond acceptors (Lipinski definition) is 5. The van der Waals surface area contributed by atoms with Crippen LogP contribution < -0.4 is 21.9 Å². The van der Waals surface area contributed by atoms with Crippen LogP contribution in [0, 0.1) is 0 Å². The molecule has 0 unspecified atom stereocenters. The number of benzene rings is 1. The van der Waals surface area contributed by atoms with Crippen molar-refractivity contribution in [2.75, 3.05) is 13.2 Å². The zero-order valence-corrected chi connectivity index (χ0v) is 9.91. The van der Waals surface area contributed by atoms with Crippen molar-refractivity contribution < 1.29 is 4.74 Å². The van der Waals surface area contributed by atoms with Crippen LogP contribution in [0.5, 0.6) is 5.75 Å². The molecule has 6 N–H and O–H groups in total. The van der Waals surface area contributed by atoms with E-state index in [4.69, 9.17) is 21.9 Å². The summed E-state index contributed by atoms with van der Waals surface area (Å²) in [5.41, 5.74) is 16.8. The van der Waals surface area contributed by atoms with Crippen LogP contribution >= 0.6 is 11.3 Å². The predicted octanol–water partition coefficient (Wildman–Crippen LogP) is 0.539. The molecule has 0 saturated carbocycles. The van der Waals surface area contributed by atoms with Gasteiger partial charge in [-0.3, -0.25) is 0 Å². The van der Waals surface area contributed by atoms with Crippen LogP contribution in [-0.2, 0) is 0 Å². The second-order valence-corrected chi connectivity index (χ2v) is 4.31. The Hall–Kier alpha value is -1.86. The number of ether oxygens (including phenoxy) is 1. The SMILES string of the molecule is NCCOc1ccc2nc(N=C(N)N)sc2c1. The summed E-state index contributed by atoms with van der Waals surface area (Å²) in [7, 11) is 0. The first-order chi connectivity index (χ1) is 8.19. The Morgan fingerprint density at radius 1 is 1.41 bits per heavy atom. The molecule has 0 radical (unpaired) electrons. The first-order valence-electron chi connectivity index (χ1n) is 5.02. The number of fused-ring (bicyclic) bond motifs is 1. The second-order valence-electron chi connectivity index (χ2n) is 3.30. The van der Waals surface area contributed by atoms with Crippen molar-refractivity contribution in [3.8, 4) is 5.75 Å². The summed E-state index contributed by atoms with van der Waals surface area (Å²) in [4.78, 5) is 8.17. The average molecular weight is 251 g/mol. The molecule has 2 aromatic rings. The van der Waals surface area contributed by atoms with Crippen LogP contribution in [0.2, 0.25) is 0 Å². The Labute approximate surface area is 102 Å². The van der Waals surface area contributed by atoms with E-state index >= 15 is 0 Å². The molecule has 0 bridgehead atoms. The Bertz CT molecular complexity index is 547. The van der Waals surface area contributed by atoms with Crippen LogP contribution in [0.1, 0.15) is 0 Å². The maximum atomic E-state index is 5.42. The molecule has 6 nitrogen and oxygen atoms in total. The lowest BCUT2D eigenvalue weighted by atomic mass is 10.3. The first-order valence-corrected chi connectivity index (χ1v) is 5.84. The fourth-order valence-corrected chi connectivity index (χ4v) is 2.20. The molecule has 0 aliphatic rings. The van der Waals surface area contributed by atoms with Crippen LogP contribution in [0.4, 0.5) is 5.13 Å². The summed E-state index contributed by atoms with van der Waals surface area (Å²) in [6.07, 6.45) is 0. The van der Waals surface area contributed by atoms with Crippen molar-refractivity contribution in [2.24, 2.45) is 22.2 Å². The highest BCUT2D eigenvalue weighted by molar-refractivity contribution is 7.22.